The molecule has 0 aliphatic carbocycles. The van der Waals surface area contributed by atoms with Crippen molar-refractivity contribution < 1.29 is 35.3 Å². The van der Waals surface area contributed by atoms with Crippen molar-refractivity contribution in [1.29, 1.82) is 0 Å². The van der Waals surface area contributed by atoms with Gasteiger partial charge in [0.05, 0.1) is 5.57 Å². The van der Waals surface area contributed by atoms with Gasteiger partial charge in [0.15, 0.2) is 0 Å². The topological polar surface area (TPSA) is 69.7 Å². The zero-order valence-corrected chi connectivity index (χ0v) is 18.0. The van der Waals surface area contributed by atoms with E-state index >= 15 is 0 Å². The van der Waals surface area contributed by atoms with E-state index in [0.717, 1.165) is 5.56 Å². The van der Waals surface area contributed by atoms with Gasteiger partial charge < -0.3 is 8.92 Å². The smallest absolute Gasteiger partial charge is 0.457 e. The Kier molecular flexibility index (Phi) is 8.32. The van der Waals surface area contributed by atoms with Crippen LogP contribution in [0.15, 0.2) is 41.7 Å². The second-order valence-corrected chi connectivity index (χ2v) is 9.36. The zero-order valence-electron chi connectivity index (χ0n) is 17.2. The summed E-state index contributed by atoms with van der Waals surface area (Å²) < 4.78 is 71.2. The van der Waals surface area contributed by atoms with E-state index in [1.54, 1.807) is 20.8 Å². The number of rotatable bonds is 8. The first-order valence-corrected chi connectivity index (χ1v) is 10.6. The van der Waals surface area contributed by atoms with E-state index in [1.165, 1.54) is 13.8 Å². The maximum atomic E-state index is 12.8. The van der Waals surface area contributed by atoms with Crippen molar-refractivity contribution in [2.45, 2.75) is 65.0 Å². The highest BCUT2D eigenvalue weighted by Crippen LogP contribution is 2.32. The summed E-state index contributed by atoms with van der Waals surface area (Å²) in [7, 11) is -5.91. The third-order valence-electron chi connectivity index (χ3n) is 3.69. The van der Waals surface area contributed by atoms with Crippen LogP contribution in [-0.4, -0.2) is 25.5 Å². The van der Waals surface area contributed by atoms with Crippen LogP contribution in [0, 0.1) is 5.92 Å². The van der Waals surface area contributed by atoms with Gasteiger partial charge >= 0.3 is 21.6 Å². The maximum absolute atomic E-state index is 12.8. The van der Waals surface area contributed by atoms with E-state index in [1.807, 2.05) is 30.3 Å². The lowest BCUT2D eigenvalue weighted by Gasteiger charge is -2.23. The summed E-state index contributed by atoms with van der Waals surface area (Å²) in [6, 6.07) is 9.30. The highest BCUT2D eigenvalue weighted by molar-refractivity contribution is 7.87. The molecule has 0 fully saturated rings. The fourth-order valence-corrected chi connectivity index (χ4v) is 3.06. The van der Waals surface area contributed by atoms with Crippen molar-refractivity contribution in [3.63, 3.8) is 0 Å². The van der Waals surface area contributed by atoms with Crippen molar-refractivity contribution >= 4 is 16.1 Å². The molecule has 0 amide bonds. The molecule has 0 saturated heterocycles. The Morgan fingerprint density at radius 3 is 2.07 bits per heavy atom. The predicted molar refractivity (Wildman–Crippen MR) is 103 cm³/mol. The Morgan fingerprint density at radius 1 is 1.07 bits per heavy atom. The van der Waals surface area contributed by atoms with Gasteiger partial charge in [0.1, 0.15) is 11.4 Å². The molecule has 0 aliphatic heterocycles. The molecule has 29 heavy (non-hydrogen) atoms. The van der Waals surface area contributed by atoms with E-state index in [4.69, 9.17) is 4.74 Å². The highest BCUT2D eigenvalue weighted by Gasteiger charge is 2.49. The number of hydrogen-bond acceptors (Lipinski definition) is 5. The van der Waals surface area contributed by atoms with Crippen molar-refractivity contribution in [2.24, 2.45) is 5.92 Å². The Balaban J connectivity index is 3.26. The summed E-state index contributed by atoms with van der Waals surface area (Å²) in [6.07, 6.45) is 0.944. The molecule has 5 nitrogen and oxygen atoms in total. The molecule has 0 unspecified atom stereocenters. The van der Waals surface area contributed by atoms with Crippen LogP contribution in [0.25, 0.3) is 0 Å². The van der Waals surface area contributed by atoms with Gasteiger partial charge in [-0.3, -0.25) is 0 Å². The third kappa shape index (κ3) is 8.08. The first-order valence-electron chi connectivity index (χ1n) is 9.15. The van der Waals surface area contributed by atoms with Crippen LogP contribution in [0.5, 0.6) is 0 Å². The van der Waals surface area contributed by atoms with Crippen LogP contribution in [0.4, 0.5) is 13.2 Å². The standard InChI is InChI=1S/C20H27F3O5S/c1-14(2)17(28-29(25,26)20(21,22)23)16(18(24)27-19(3,4)5)13-9-12-15-10-7-6-8-11-15/h6-8,10-11,14H,9,12-13H2,1-5H3/b17-16+. The summed E-state index contributed by atoms with van der Waals surface area (Å²) in [6.45, 7) is 7.71. The van der Waals surface area contributed by atoms with Crippen molar-refractivity contribution in [1.82, 2.24) is 0 Å². The van der Waals surface area contributed by atoms with E-state index in [2.05, 4.69) is 4.18 Å². The number of alkyl halides is 3. The van der Waals surface area contributed by atoms with Crippen LogP contribution in [0.3, 0.4) is 0 Å². The van der Waals surface area contributed by atoms with Gasteiger partial charge in [-0.05, 0) is 45.6 Å². The summed E-state index contributed by atoms with van der Waals surface area (Å²) >= 11 is 0. The Labute approximate surface area is 170 Å². The van der Waals surface area contributed by atoms with Crippen LogP contribution in [0.2, 0.25) is 0 Å². The average molecular weight is 436 g/mol. The van der Waals surface area contributed by atoms with Crippen LogP contribution in [-0.2, 0) is 30.3 Å². The molecular formula is C20H27F3O5S. The van der Waals surface area contributed by atoms with E-state index < -0.39 is 38.9 Å². The van der Waals surface area contributed by atoms with Gasteiger partial charge in [-0.25, -0.2) is 4.79 Å². The normalized spacial score (nSPS) is 13.8. The van der Waals surface area contributed by atoms with Gasteiger partial charge in [0, 0.05) is 5.92 Å². The number of halogens is 3. The van der Waals surface area contributed by atoms with E-state index in [0.29, 0.717) is 12.8 Å². The number of carbonyl (C=O) groups is 1. The van der Waals surface area contributed by atoms with Crippen molar-refractivity contribution in [3.05, 3.63) is 47.2 Å². The molecule has 0 aliphatic rings. The molecular weight excluding hydrogens is 409 g/mol. The minimum Gasteiger partial charge on any atom is -0.457 e. The number of allylic oxidation sites excluding steroid dienone is 1. The predicted octanol–water partition coefficient (Wildman–Crippen LogP) is 5.13. The third-order valence-corrected chi connectivity index (χ3v) is 4.65. The molecule has 1 aromatic carbocycles. The molecule has 0 saturated carbocycles. The van der Waals surface area contributed by atoms with Crippen LogP contribution in [0.1, 0.15) is 53.0 Å². The number of ether oxygens (including phenoxy) is 1. The van der Waals surface area contributed by atoms with Gasteiger partial charge in [-0.15, -0.1) is 0 Å². The second kappa shape index (κ2) is 9.65. The fraction of sp³-hybridized carbons (Fsp3) is 0.550. The average Bonchev–Trinajstić information content (AvgIpc) is 2.55. The lowest BCUT2D eigenvalue weighted by molar-refractivity contribution is -0.150. The van der Waals surface area contributed by atoms with Crippen molar-refractivity contribution in [2.75, 3.05) is 0 Å². The van der Waals surface area contributed by atoms with Gasteiger partial charge in [0.2, 0.25) is 0 Å². The Bertz CT molecular complexity index is 820. The minimum absolute atomic E-state index is 0.00466. The van der Waals surface area contributed by atoms with Crippen LogP contribution >= 0.6 is 0 Å². The number of benzene rings is 1. The molecule has 0 N–H and O–H groups in total. The SMILES string of the molecule is CC(C)/C(OS(=O)(=O)C(F)(F)F)=C(/CCCc1ccccc1)C(=O)OC(C)(C)C. The lowest BCUT2D eigenvalue weighted by atomic mass is 9.99. The minimum atomic E-state index is -5.91. The number of esters is 1. The van der Waals surface area contributed by atoms with Gasteiger partial charge in [-0.1, -0.05) is 44.2 Å². The number of carbonyl (C=O) groups excluding carboxylic acids is 1. The van der Waals surface area contributed by atoms with Crippen LogP contribution < -0.4 is 0 Å². The first-order chi connectivity index (χ1) is 13.1. The fourth-order valence-electron chi connectivity index (χ4n) is 2.44. The van der Waals surface area contributed by atoms with Crippen molar-refractivity contribution in [3.8, 4) is 0 Å². The molecule has 164 valence electrons. The summed E-state index contributed by atoms with van der Waals surface area (Å²) in [5.74, 6) is -2.23. The molecule has 9 heteroatoms. The Morgan fingerprint density at radius 2 is 1.62 bits per heavy atom. The number of aryl methyl sites for hydroxylation is 1. The van der Waals surface area contributed by atoms with Gasteiger partial charge in [-0.2, -0.15) is 21.6 Å². The van der Waals surface area contributed by atoms with Gasteiger partial charge in [0.25, 0.3) is 0 Å². The van der Waals surface area contributed by atoms with E-state index in [9.17, 15) is 26.4 Å². The number of hydrogen-bond donors (Lipinski definition) is 0. The quantitative estimate of drug-likeness (QED) is 0.186. The molecule has 1 rings (SSSR count). The maximum Gasteiger partial charge on any atom is 0.534 e. The molecule has 1 aromatic rings. The molecule has 0 spiro atoms. The summed E-state index contributed by atoms with van der Waals surface area (Å²) in [5, 5.41) is 0. The Hall–Kier alpha value is -2.03. The molecule has 0 bridgehead atoms. The van der Waals surface area contributed by atoms with E-state index in [-0.39, 0.29) is 12.0 Å². The second-order valence-electron chi connectivity index (χ2n) is 7.82. The summed E-state index contributed by atoms with van der Waals surface area (Å²) in [5.41, 5.74) is -5.74. The monoisotopic (exact) mass is 436 g/mol. The summed E-state index contributed by atoms with van der Waals surface area (Å²) in [4.78, 5) is 12.6. The first kappa shape index (κ1) is 25.0. The molecule has 0 atom stereocenters. The molecule has 0 radical (unpaired) electrons. The zero-order chi connectivity index (χ0) is 22.5. The highest BCUT2D eigenvalue weighted by atomic mass is 32.2. The largest absolute Gasteiger partial charge is 0.534 e. The molecule has 0 heterocycles. The lowest BCUT2D eigenvalue weighted by Crippen LogP contribution is -2.29. The molecule has 0 aromatic heterocycles.